The summed E-state index contributed by atoms with van der Waals surface area (Å²) in [4.78, 5) is 21.8. The molecule has 0 spiro atoms. The minimum Gasteiger partial charge on any atom is -0.268 e. The second-order valence-electron chi connectivity index (χ2n) is 2.96. The van der Waals surface area contributed by atoms with E-state index < -0.39 is 23.0 Å². The summed E-state index contributed by atoms with van der Waals surface area (Å²) < 4.78 is 36.9. The molecule has 6 heteroatoms. The van der Waals surface area contributed by atoms with Gasteiger partial charge < -0.3 is 0 Å². The van der Waals surface area contributed by atoms with E-state index in [1.54, 1.807) is 0 Å². The molecule has 1 aliphatic heterocycles. The van der Waals surface area contributed by atoms with Crippen molar-refractivity contribution in [2.45, 2.75) is 6.30 Å². The zero-order valence-corrected chi connectivity index (χ0v) is 7.21. The van der Waals surface area contributed by atoms with Crippen molar-refractivity contribution in [1.29, 1.82) is 0 Å². The molecule has 1 aromatic rings. The van der Waals surface area contributed by atoms with Gasteiger partial charge in [0.05, 0.1) is 11.1 Å². The molecule has 0 N–H and O–H groups in total. The van der Waals surface area contributed by atoms with Crippen molar-refractivity contribution in [2.75, 3.05) is 0 Å². The smallest absolute Gasteiger partial charge is 0.268 e. The van der Waals surface area contributed by atoms with E-state index in [-0.39, 0.29) is 11.1 Å². The Morgan fingerprint density at radius 1 is 0.933 bits per heavy atom. The lowest BCUT2D eigenvalue weighted by Crippen LogP contribution is -2.42. The molecule has 3 nitrogen and oxygen atoms in total. The summed E-state index contributed by atoms with van der Waals surface area (Å²) in [6.45, 7) is 0. The first kappa shape index (κ1) is 9.70. The minimum absolute atomic E-state index is 0.208. The average Bonchev–Trinajstić information content (AvgIpc) is 2.39. The molecule has 0 bridgehead atoms. The zero-order valence-electron chi connectivity index (χ0n) is 7.21. The topological polar surface area (TPSA) is 37.4 Å². The maximum atomic E-state index is 12.3. The van der Waals surface area contributed by atoms with E-state index in [9.17, 15) is 22.8 Å². The monoisotopic (exact) mass is 215 g/mol. The summed E-state index contributed by atoms with van der Waals surface area (Å²) in [6, 6.07) is 5.20. The molecule has 1 aliphatic rings. The molecule has 78 valence electrons. The van der Waals surface area contributed by atoms with Gasteiger partial charge in [0.25, 0.3) is 11.8 Å². The van der Waals surface area contributed by atoms with Crippen molar-refractivity contribution in [3.8, 4) is 0 Å². The van der Waals surface area contributed by atoms with Crippen LogP contribution in [0.4, 0.5) is 13.2 Å². The highest BCUT2D eigenvalue weighted by atomic mass is 19.4. The lowest BCUT2D eigenvalue weighted by Gasteiger charge is -2.16. The number of imide groups is 1. The van der Waals surface area contributed by atoms with E-state index >= 15 is 0 Å². The summed E-state index contributed by atoms with van der Waals surface area (Å²) in [5, 5.41) is 0. The van der Waals surface area contributed by atoms with Gasteiger partial charge in [-0.3, -0.25) is 9.59 Å². The summed E-state index contributed by atoms with van der Waals surface area (Å²) in [7, 11) is 0. The molecule has 2 amide bonds. The van der Waals surface area contributed by atoms with E-state index in [4.69, 9.17) is 0 Å². The van der Waals surface area contributed by atoms with E-state index in [1.807, 2.05) is 0 Å². The first-order valence-electron chi connectivity index (χ1n) is 3.97. The van der Waals surface area contributed by atoms with Crippen LogP contribution in [-0.2, 0) is 0 Å². The number of amides is 2. The van der Waals surface area contributed by atoms with Crippen LogP contribution in [0.3, 0.4) is 0 Å². The molecule has 0 aliphatic carbocycles. The number of carbonyl (C=O) groups is 2. The Balaban J connectivity index is 2.55. The molecule has 0 radical (unpaired) electrons. The number of rotatable bonds is 0. The van der Waals surface area contributed by atoms with Crippen LogP contribution in [0.1, 0.15) is 20.7 Å². The standard InChI is InChI=1S/C9H4F3NO2/c10-9(11,12)13-7(14)5-3-1-2-4-6(5)8(13)15/h1-4H. The van der Waals surface area contributed by atoms with Crippen LogP contribution in [0.5, 0.6) is 0 Å². The third-order valence-corrected chi connectivity index (χ3v) is 2.05. The Labute approximate surface area is 82.1 Å². The normalized spacial score (nSPS) is 15.8. The Kier molecular flexibility index (Phi) is 1.82. The van der Waals surface area contributed by atoms with Gasteiger partial charge >= 0.3 is 6.30 Å². The maximum Gasteiger partial charge on any atom is 0.494 e. The molecule has 0 unspecified atom stereocenters. The van der Waals surface area contributed by atoms with Crippen LogP contribution < -0.4 is 0 Å². The van der Waals surface area contributed by atoms with Gasteiger partial charge in [-0.2, -0.15) is 4.90 Å². The van der Waals surface area contributed by atoms with Gasteiger partial charge in [0.1, 0.15) is 0 Å². The number of halogens is 3. The maximum absolute atomic E-state index is 12.3. The number of benzene rings is 1. The molecular weight excluding hydrogens is 211 g/mol. The molecular formula is C9H4F3NO2. The number of fused-ring (bicyclic) bond motifs is 1. The second kappa shape index (κ2) is 2.82. The SMILES string of the molecule is O=C1c2ccccc2C(=O)N1C(F)(F)F. The quantitative estimate of drug-likeness (QED) is 0.488. The van der Waals surface area contributed by atoms with Gasteiger partial charge in [-0.15, -0.1) is 13.2 Å². The van der Waals surface area contributed by atoms with Crippen LogP contribution in [0.25, 0.3) is 0 Å². The van der Waals surface area contributed by atoms with Gasteiger partial charge in [0, 0.05) is 0 Å². The summed E-state index contributed by atoms with van der Waals surface area (Å²) in [6.07, 6.45) is -4.97. The predicted octanol–water partition coefficient (Wildman–Crippen LogP) is 1.80. The van der Waals surface area contributed by atoms with Gasteiger partial charge in [0.15, 0.2) is 0 Å². The summed E-state index contributed by atoms with van der Waals surface area (Å²) in [5.74, 6) is -2.63. The van der Waals surface area contributed by atoms with Crippen LogP contribution in [0, 0.1) is 0 Å². The molecule has 1 heterocycles. The van der Waals surface area contributed by atoms with Crippen molar-refractivity contribution in [1.82, 2.24) is 4.90 Å². The van der Waals surface area contributed by atoms with E-state index in [0.717, 1.165) is 0 Å². The van der Waals surface area contributed by atoms with Crippen molar-refractivity contribution in [2.24, 2.45) is 0 Å². The number of hydrogen-bond acceptors (Lipinski definition) is 2. The average molecular weight is 215 g/mol. The highest BCUT2D eigenvalue weighted by Gasteiger charge is 2.51. The van der Waals surface area contributed by atoms with E-state index in [2.05, 4.69) is 0 Å². The molecule has 2 rings (SSSR count). The lowest BCUT2D eigenvalue weighted by molar-refractivity contribution is -0.205. The highest BCUT2D eigenvalue weighted by molar-refractivity contribution is 6.21. The van der Waals surface area contributed by atoms with Gasteiger partial charge in [-0.25, -0.2) is 0 Å². The molecule has 15 heavy (non-hydrogen) atoms. The van der Waals surface area contributed by atoms with Crippen molar-refractivity contribution < 1.29 is 22.8 Å². The largest absolute Gasteiger partial charge is 0.494 e. The number of nitrogens with zero attached hydrogens (tertiary/aromatic N) is 1. The second-order valence-corrected chi connectivity index (χ2v) is 2.96. The fourth-order valence-corrected chi connectivity index (χ4v) is 1.42. The highest BCUT2D eigenvalue weighted by Crippen LogP contribution is 2.31. The first-order valence-corrected chi connectivity index (χ1v) is 3.97. The van der Waals surface area contributed by atoms with Gasteiger partial charge in [-0.1, -0.05) is 12.1 Å². The minimum atomic E-state index is -4.97. The van der Waals surface area contributed by atoms with Crippen LogP contribution in [0.15, 0.2) is 24.3 Å². The van der Waals surface area contributed by atoms with Crippen molar-refractivity contribution in [3.63, 3.8) is 0 Å². The van der Waals surface area contributed by atoms with Crippen LogP contribution in [0.2, 0.25) is 0 Å². The Bertz CT molecular complexity index is 418. The van der Waals surface area contributed by atoms with Crippen molar-refractivity contribution >= 4 is 11.8 Å². The Morgan fingerprint density at radius 2 is 1.33 bits per heavy atom. The van der Waals surface area contributed by atoms with E-state index in [1.165, 1.54) is 24.3 Å². The van der Waals surface area contributed by atoms with Crippen LogP contribution in [-0.4, -0.2) is 23.0 Å². The molecule has 0 fully saturated rings. The first-order chi connectivity index (χ1) is 6.93. The summed E-state index contributed by atoms with van der Waals surface area (Å²) in [5.41, 5.74) is -0.417. The third kappa shape index (κ3) is 1.29. The number of carbonyl (C=O) groups excluding carboxylic acids is 2. The van der Waals surface area contributed by atoms with E-state index in [0.29, 0.717) is 0 Å². The molecule has 0 saturated carbocycles. The Morgan fingerprint density at radius 3 is 1.67 bits per heavy atom. The number of hydrogen-bond donors (Lipinski definition) is 0. The molecule has 0 saturated heterocycles. The third-order valence-electron chi connectivity index (χ3n) is 2.05. The van der Waals surface area contributed by atoms with Crippen LogP contribution >= 0.6 is 0 Å². The molecule has 0 atom stereocenters. The Hall–Kier alpha value is -1.85. The predicted molar refractivity (Wildman–Crippen MR) is 43.0 cm³/mol. The molecule has 0 aromatic heterocycles. The van der Waals surface area contributed by atoms with Gasteiger partial charge in [0.2, 0.25) is 0 Å². The number of alkyl halides is 3. The molecule has 1 aromatic carbocycles. The van der Waals surface area contributed by atoms with Crippen molar-refractivity contribution in [3.05, 3.63) is 35.4 Å². The fourth-order valence-electron chi connectivity index (χ4n) is 1.42. The zero-order chi connectivity index (χ0) is 11.2. The van der Waals surface area contributed by atoms with Gasteiger partial charge in [-0.05, 0) is 12.1 Å². The summed E-state index contributed by atoms with van der Waals surface area (Å²) >= 11 is 0. The lowest BCUT2D eigenvalue weighted by atomic mass is 10.1. The fraction of sp³-hybridized carbons (Fsp3) is 0.111.